The van der Waals surface area contributed by atoms with Gasteiger partial charge >= 0.3 is 0 Å². The summed E-state index contributed by atoms with van der Waals surface area (Å²) in [5.41, 5.74) is 2.56. The highest BCUT2D eigenvalue weighted by Crippen LogP contribution is 2.25. The molecule has 4 aromatic rings. The molecule has 0 saturated carbocycles. The molecule has 3 heterocycles. The van der Waals surface area contributed by atoms with Crippen molar-refractivity contribution in [2.45, 2.75) is 37.7 Å². The average Bonchev–Trinajstić information content (AvgIpc) is 3.28. The number of thioether (sulfide) groups is 1. The van der Waals surface area contributed by atoms with Crippen LogP contribution in [0, 0.1) is 6.92 Å². The predicted octanol–water partition coefficient (Wildman–Crippen LogP) is 3.75. The summed E-state index contributed by atoms with van der Waals surface area (Å²) in [5, 5.41) is 13.8. The summed E-state index contributed by atoms with van der Waals surface area (Å²) >= 11 is 2.81. The van der Waals surface area contributed by atoms with Crippen LogP contribution in [0.15, 0.2) is 44.8 Å². The van der Waals surface area contributed by atoms with Crippen molar-refractivity contribution >= 4 is 28.1 Å². The minimum absolute atomic E-state index is 0.167. The molecule has 0 aliphatic heterocycles. The minimum Gasteiger partial charge on any atom is -0.411 e. The van der Waals surface area contributed by atoms with Crippen molar-refractivity contribution < 1.29 is 4.42 Å². The summed E-state index contributed by atoms with van der Waals surface area (Å²) in [6.45, 7) is 4.11. The number of hydrogen-bond donors (Lipinski definition) is 0. The van der Waals surface area contributed by atoms with E-state index in [0.29, 0.717) is 27.5 Å². The average molecular weight is 400 g/mol. The van der Waals surface area contributed by atoms with Crippen LogP contribution in [0.4, 0.5) is 0 Å². The zero-order valence-electron chi connectivity index (χ0n) is 14.9. The first-order valence-corrected chi connectivity index (χ1v) is 10.3. The van der Waals surface area contributed by atoms with Crippen LogP contribution in [0.2, 0.25) is 0 Å². The van der Waals surface area contributed by atoms with E-state index in [2.05, 4.69) is 27.2 Å². The van der Waals surface area contributed by atoms with E-state index < -0.39 is 0 Å². The fourth-order valence-electron chi connectivity index (χ4n) is 2.50. The fourth-order valence-corrected chi connectivity index (χ4v) is 4.18. The first kappa shape index (κ1) is 17.9. The summed E-state index contributed by atoms with van der Waals surface area (Å²) in [6.07, 6.45) is 1.83. The molecule has 0 fully saturated rings. The summed E-state index contributed by atoms with van der Waals surface area (Å²) < 4.78 is 7.07. The number of aryl methyl sites for hydroxylation is 2. The van der Waals surface area contributed by atoms with E-state index in [1.54, 1.807) is 0 Å². The third-order valence-electron chi connectivity index (χ3n) is 3.85. The Labute approximate surface area is 163 Å². The van der Waals surface area contributed by atoms with E-state index in [1.807, 2.05) is 31.2 Å². The molecule has 4 rings (SSSR count). The van der Waals surface area contributed by atoms with Gasteiger partial charge in [-0.2, -0.15) is 9.61 Å². The molecule has 0 unspecified atom stereocenters. The Balaban J connectivity index is 1.50. The zero-order chi connectivity index (χ0) is 18.8. The van der Waals surface area contributed by atoms with E-state index in [1.165, 1.54) is 39.2 Å². The van der Waals surface area contributed by atoms with Crippen LogP contribution in [0.1, 0.15) is 29.6 Å². The number of nitrogens with zero attached hydrogens (tertiary/aromatic N) is 5. The minimum atomic E-state index is -0.167. The molecule has 0 aliphatic carbocycles. The highest BCUT2D eigenvalue weighted by Gasteiger charge is 2.12. The SMILES string of the molecule is CCCc1nn2c(=O)cc(CSc3nnc(-c4ccc(C)cc4)o3)nc2s1. The van der Waals surface area contributed by atoms with Crippen molar-refractivity contribution in [2.75, 3.05) is 0 Å². The van der Waals surface area contributed by atoms with Crippen LogP contribution in [0.5, 0.6) is 0 Å². The van der Waals surface area contributed by atoms with E-state index in [0.717, 1.165) is 23.4 Å². The molecule has 0 N–H and O–H groups in total. The van der Waals surface area contributed by atoms with Crippen LogP contribution in [0.25, 0.3) is 16.4 Å². The molecule has 138 valence electrons. The van der Waals surface area contributed by atoms with Gasteiger partial charge in [-0.05, 0) is 25.5 Å². The maximum atomic E-state index is 12.3. The standard InChI is InChI=1S/C18H17N5O2S2/c1-3-4-14-22-23-15(24)9-13(19-17(23)27-14)10-26-18-21-20-16(25-18)12-7-5-11(2)6-8-12/h5-9H,3-4,10H2,1-2H3. The maximum Gasteiger partial charge on any atom is 0.277 e. The Bertz CT molecular complexity index is 1130. The molecule has 27 heavy (non-hydrogen) atoms. The number of fused-ring (bicyclic) bond motifs is 1. The smallest absolute Gasteiger partial charge is 0.277 e. The van der Waals surface area contributed by atoms with Gasteiger partial charge in [0.2, 0.25) is 10.9 Å². The number of hydrogen-bond acceptors (Lipinski definition) is 8. The number of benzene rings is 1. The number of rotatable bonds is 6. The topological polar surface area (TPSA) is 86.2 Å². The van der Waals surface area contributed by atoms with Crippen molar-refractivity contribution in [2.24, 2.45) is 0 Å². The largest absolute Gasteiger partial charge is 0.411 e. The Morgan fingerprint density at radius 1 is 1.22 bits per heavy atom. The number of aromatic nitrogens is 5. The van der Waals surface area contributed by atoms with Gasteiger partial charge in [-0.1, -0.05) is 47.7 Å². The van der Waals surface area contributed by atoms with Gasteiger partial charge in [0.25, 0.3) is 10.8 Å². The van der Waals surface area contributed by atoms with Crippen LogP contribution in [-0.2, 0) is 12.2 Å². The van der Waals surface area contributed by atoms with Crippen LogP contribution >= 0.6 is 23.1 Å². The molecule has 0 spiro atoms. The van der Waals surface area contributed by atoms with Crippen molar-refractivity contribution in [1.82, 2.24) is 24.8 Å². The molecule has 0 bridgehead atoms. The quantitative estimate of drug-likeness (QED) is 0.456. The second-order valence-electron chi connectivity index (χ2n) is 6.05. The van der Waals surface area contributed by atoms with Crippen LogP contribution < -0.4 is 5.56 Å². The molecular formula is C18H17N5O2S2. The molecule has 9 heteroatoms. The molecular weight excluding hydrogens is 382 g/mol. The van der Waals surface area contributed by atoms with Crippen molar-refractivity contribution in [3.8, 4) is 11.5 Å². The molecule has 7 nitrogen and oxygen atoms in total. The van der Waals surface area contributed by atoms with Gasteiger partial charge < -0.3 is 4.42 Å². The third-order valence-corrected chi connectivity index (χ3v) is 5.67. The van der Waals surface area contributed by atoms with Gasteiger partial charge in [0.1, 0.15) is 5.01 Å². The van der Waals surface area contributed by atoms with E-state index in [9.17, 15) is 4.79 Å². The van der Waals surface area contributed by atoms with E-state index in [4.69, 9.17) is 4.42 Å². The van der Waals surface area contributed by atoms with Gasteiger partial charge in [0.05, 0.1) is 5.69 Å². The summed E-state index contributed by atoms with van der Waals surface area (Å²) in [4.78, 5) is 17.4. The molecule has 0 radical (unpaired) electrons. The van der Waals surface area contributed by atoms with Crippen molar-refractivity contribution in [1.29, 1.82) is 0 Å². The summed E-state index contributed by atoms with van der Waals surface area (Å²) in [6, 6.07) is 9.41. The first-order chi connectivity index (χ1) is 13.1. The monoisotopic (exact) mass is 399 g/mol. The summed E-state index contributed by atoms with van der Waals surface area (Å²) in [5.74, 6) is 0.954. The van der Waals surface area contributed by atoms with Crippen LogP contribution in [0.3, 0.4) is 0 Å². The zero-order valence-corrected chi connectivity index (χ0v) is 16.5. The predicted molar refractivity (Wildman–Crippen MR) is 105 cm³/mol. The van der Waals surface area contributed by atoms with Crippen LogP contribution in [-0.4, -0.2) is 24.8 Å². The highest BCUT2D eigenvalue weighted by atomic mass is 32.2. The highest BCUT2D eigenvalue weighted by molar-refractivity contribution is 7.98. The van der Waals surface area contributed by atoms with Gasteiger partial charge in [0.15, 0.2) is 0 Å². The van der Waals surface area contributed by atoms with E-state index in [-0.39, 0.29) is 5.56 Å². The Hall–Kier alpha value is -2.52. The Kier molecular flexibility index (Phi) is 5.04. The molecule has 1 aromatic carbocycles. The molecule has 0 amide bonds. The Morgan fingerprint density at radius 3 is 2.81 bits per heavy atom. The lowest BCUT2D eigenvalue weighted by atomic mass is 10.1. The lowest BCUT2D eigenvalue weighted by molar-refractivity contribution is 0.466. The van der Waals surface area contributed by atoms with Crippen molar-refractivity contribution in [3.63, 3.8) is 0 Å². The second kappa shape index (κ2) is 7.61. The fraction of sp³-hybridized carbons (Fsp3) is 0.278. The molecule has 3 aromatic heterocycles. The van der Waals surface area contributed by atoms with E-state index >= 15 is 0 Å². The first-order valence-electron chi connectivity index (χ1n) is 8.54. The molecule has 0 saturated heterocycles. The lowest BCUT2D eigenvalue weighted by Crippen LogP contribution is -2.15. The summed E-state index contributed by atoms with van der Waals surface area (Å²) in [7, 11) is 0. The lowest BCUT2D eigenvalue weighted by Gasteiger charge is -1.98. The van der Waals surface area contributed by atoms with Gasteiger partial charge in [0, 0.05) is 23.8 Å². The second-order valence-corrected chi connectivity index (χ2v) is 8.02. The van der Waals surface area contributed by atoms with Crippen molar-refractivity contribution in [3.05, 3.63) is 57.0 Å². The molecule has 0 atom stereocenters. The Morgan fingerprint density at radius 2 is 2.04 bits per heavy atom. The van der Waals surface area contributed by atoms with Gasteiger partial charge in [-0.25, -0.2) is 4.98 Å². The normalized spacial score (nSPS) is 11.3. The van der Waals surface area contributed by atoms with Gasteiger partial charge in [-0.15, -0.1) is 10.2 Å². The van der Waals surface area contributed by atoms with Gasteiger partial charge in [-0.3, -0.25) is 4.79 Å². The maximum absolute atomic E-state index is 12.3. The third kappa shape index (κ3) is 3.93. The molecule has 0 aliphatic rings.